The van der Waals surface area contributed by atoms with E-state index in [0.717, 1.165) is 43.6 Å². The number of nitriles is 1. The predicted molar refractivity (Wildman–Crippen MR) is 205 cm³/mol. The van der Waals surface area contributed by atoms with E-state index in [9.17, 15) is 20.3 Å². The standard InChI is InChI=1S/C40H47Cl2N5O6/c1-28(50)46-33-11-14-47(23-33)13-7-15-53-40(12-6-10-35(39(40,2)42)31-8-4-3-5-9-31)27-52-38-18-37(51-26-30-16-29(19-43)20-44-21-30)32(17-36(38)41)22-45-34(24-48)25-49/h3-6,8-10,12,16-18,20-21,33-34,45,48-49H,7,11,13-15,22-27H2,1-2H3,(H,46,50)/t33-,39?,40?/m0/s1. The highest BCUT2D eigenvalue weighted by atomic mass is 35.5. The average Bonchev–Trinajstić information content (AvgIpc) is 3.60. The van der Waals surface area contributed by atoms with E-state index in [1.54, 1.807) is 31.3 Å². The Morgan fingerprint density at radius 1 is 1.15 bits per heavy atom. The number of likely N-dealkylation sites (tertiary alicyclic amines) is 1. The second kappa shape index (κ2) is 18.9. The number of halogens is 2. The molecule has 1 aliphatic heterocycles. The van der Waals surface area contributed by atoms with Crippen LogP contribution in [0.15, 0.2) is 79.2 Å². The average molecular weight is 765 g/mol. The topological polar surface area (TPSA) is 149 Å². The van der Waals surface area contributed by atoms with Gasteiger partial charge in [0.05, 0.1) is 29.8 Å². The summed E-state index contributed by atoms with van der Waals surface area (Å²) in [6.45, 7) is 6.26. The molecule has 5 rings (SSSR count). The number of aliphatic hydroxyl groups is 2. The Morgan fingerprint density at radius 3 is 2.68 bits per heavy atom. The molecular weight excluding hydrogens is 717 g/mol. The molecule has 1 amide bonds. The van der Waals surface area contributed by atoms with Crippen molar-refractivity contribution in [3.63, 3.8) is 0 Å². The molecule has 4 N–H and O–H groups in total. The summed E-state index contributed by atoms with van der Waals surface area (Å²) in [6, 6.07) is 16.8. The number of carbonyl (C=O) groups is 1. The fourth-order valence-electron chi connectivity index (χ4n) is 6.59. The van der Waals surface area contributed by atoms with Crippen LogP contribution in [0, 0.1) is 11.3 Å². The smallest absolute Gasteiger partial charge is 0.217 e. The first-order valence-electron chi connectivity index (χ1n) is 17.7. The van der Waals surface area contributed by atoms with Gasteiger partial charge in [-0.15, -0.1) is 11.6 Å². The first kappa shape index (κ1) is 40.2. The molecule has 0 bridgehead atoms. The number of benzene rings is 2. The molecule has 11 nitrogen and oxygen atoms in total. The van der Waals surface area contributed by atoms with E-state index in [4.69, 9.17) is 37.4 Å². The van der Waals surface area contributed by atoms with E-state index in [1.165, 1.54) is 6.20 Å². The van der Waals surface area contributed by atoms with Gasteiger partial charge >= 0.3 is 0 Å². The monoisotopic (exact) mass is 763 g/mol. The highest BCUT2D eigenvalue weighted by Gasteiger charge is 2.51. The van der Waals surface area contributed by atoms with Gasteiger partial charge in [0.15, 0.2) is 0 Å². The number of ether oxygens (including phenoxy) is 3. The summed E-state index contributed by atoms with van der Waals surface area (Å²) in [4.78, 5) is 17.0. The lowest BCUT2D eigenvalue weighted by Crippen LogP contribution is -2.55. The van der Waals surface area contributed by atoms with Gasteiger partial charge in [0.25, 0.3) is 0 Å². The van der Waals surface area contributed by atoms with Crippen LogP contribution in [0.4, 0.5) is 0 Å². The maximum atomic E-state index is 11.5. The van der Waals surface area contributed by atoms with Crippen molar-refractivity contribution in [1.29, 1.82) is 5.26 Å². The number of pyridine rings is 1. The first-order valence-corrected chi connectivity index (χ1v) is 18.5. The number of alkyl halides is 1. The molecule has 13 heteroatoms. The number of allylic oxidation sites excluding steroid dienone is 2. The number of carbonyl (C=O) groups excluding carboxylic acids is 1. The van der Waals surface area contributed by atoms with Gasteiger partial charge in [0.2, 0.25) is 5.91 Å². The molecule has 1 aliphatic carbocycles. The third-order valence-corrected chi connectivity index (χ3v) is 10.4. The molecule has 0 saturated carbocycles. The van der Waals surface area contributed by atoms with Gasteiger partial charge in [-0.1, -0.05) is 54.1 Å². The third-order valence-electron chi connectivity index (χ3n) is 9.57. The summed E-state index contributed by atoms with van der Waals surface area (Å²) < 4.78 is 19.5. The van der Waals surface area contributed by atoms with Crippen molar-refractivity contribution in [2.24, 2.45) is 0 Å². The molecule has 2 heterocycles. The number of aromatic nitrogens is 1. The Morgan fingerprint density at radius 2 is 1.94 bits per heavy atom. The SMILES string of the molecule is CC(=O)N[C@H]1CCN(CCCOC2(COc3cc(OCc4cncc(C#N)c4)c(CNC(CO)CO)cc3Cl)C=CC=C(c3ccccc3)C2(C)Cl)C1. The molecule has 0 spiro atoms. The molecule has 1 fully saturated rings. The Balaban J connectivity index is 1.38. The van der Waals surface area contributed by atoms with Crippen LogP contribution >= 0.6 is 23.2 Å². The zero-order valence-electron chi connectivity index (χ0n) is 30.1. The minimum absolute atomic E-state index is 0.0142. The Bertz CT molecular complexity index is 1800. The van der Waals surface area contributed by atoms with Gasteiger partial charge < -0.3 is 40.0 Å². The summed E-state index contributed by atoms with van der Waals surface area (Å²) in [7, 11) is 0. The minimum Gasteiger partial charge on any atom is -0.488 e. The number of amides is 1. The Hall–Kier alpha value is -3.99. The summed E-state index contributed by atoms with van der Waals surface area (Å²) >= 11 is 14.4. The largest absolute Gasteiger partial charge is 0.488 e. The van der Waals surface area contributed by atoms with Crippen LogP contribution in [0.2, 0.25) is 5.02 Å². The number of rotatable bonds is 18. The summed E-state index contributed by atoms with van der Waals surface area (Å²) in [5.74, 6) is 0.778. The lowest BCUT2D eigenvalue weighted by Gasteiger charge is -2.45. The molecule has 3 atom stereocenters. The van der Waals surface area contributed by atoms with Gasteiger partial charge in [-0.05, 0) is 49.1 Å². The van der Waals surface area contributed by atoms with Crippen molar-refractivity contribution >= 4 is 34.7 Å². The van der Waals surface area contributed by atoms with Crippen LogP contribution in [0.5, 0.6) is 11.5 Å². The van der Waals surface area contributed by atoms with E-state index in [1.807, 2.05) is 55.5 Å². The Labute approximate surface area is 321 Å². The molecule has 282 valence electrons. The minimum atomic E-state index is -1.11. The summed E-state index contributed by atoms with van der Waals surface area (Å²) in [5, 5.41) is 35.0. The predicted octanol–water partition coefficient (Wildman–Crippen LogP) is 5.01. The molecule has 53 heavy (non-hydrogen) atoms. The Kier molecular flexibility index (Phi) is 14.3. The van der Waals surface area contributed by atoms with E-state index >= 15 is 0 Å². The van der Waals surface area contributed by atoms with E-state index < -0.39 is 16.5 Å². The van der Waals surface area contributed by atoms with Gasteiger partial charge in [0.1, 0.15) is 41.3 Å². The third kappa shape index (κ3) is 10.4. The molecule has 1 aromatic heterocycles. The maximum Gasteiger partial charge on any atom is 0.217 e. The zero-order chi connectivity index (χ0) is 37.8. The normalized spacial score (nSPS) is 21.3. The van der Waals surface area contributed by atoms with Crippen molar-refractivity contribution in [1.82, 2.24) is 20.5 Å². The van der Waals surface area contributed by atoms with Crippen LogP contribution in [-0.2, 0) is 22.7 Å². The number of nitrogens with zero attached hydrogens (tertiary/aromatic N) is 3. The van der Waals surface area contributed by atoms with Gasteiger partial charge in [0, 0.05) is 75.3 Å². The molecule has 1 saturated heterocycles. The maximum absolute atomic E-state index is 11.5. The molecular formula is C40H47Cl2N5O6. The summed E-state index contributed by atoms with van der Waals surface area (Å²) in [6.07, 6.45) is 10.6. The highest BCUT2D eigenvalue weighted by molar-refractivity contribution is 6.32. The quantitative estimate of drug-likeness (QED) is 0.103. The van der Waals surface area contributed by atoms with Crippen molar-refractivity contribution in [2.75, 3.05) is 46.1 Å². The first-order chi connectivity index (χ1) is 25.6. The zero-order valence-corrected chi connectivity index (χ0v) is 31.6. The van der Waals surface area contributed by atoms with Crippen LogP contribution in [0.1, 0.15) is 48.9 Å². The second-order valence-electron chi connectivity index (χ2n) is 13.5. The van der Waals surface area contributed by atoms with E-state index in [2.05, 4.69) is 26.6 Å². The molecule has 2 aromatic carbocycles. The fourth-order valence-corrected chi connectivity index (χ4v) is 7.18. The van der Waals surface area contributed by atoms with Crippen molar-refractivity contribution in [2.45, 2.75) is 62.4 Å². The lowest BCUT2D eigenvalue weighted by molar-refractivity contribution is -0.119. The number of hydrogen-bond acceptors (Lipinski definition) is 10. The van der Waals surface area contributed by atoms with Crippen molar-refractivity contribution < 1.29 is 29.2 Å². The van der Waals surface area contributed by atoms with Crippen LogP contribution in [-0.4, -0.2) is 94.6 Å². The molecule has 2 aliphatic rings. The molecule has 2 unspecified atom stereocenters. The van der Waals surface area contributed by atoms with E-state index in [0.29, 0.717) is 39.8 Å². The fraction of sp³-hybridized carbons (Fsp3) is 0.425. The summed E-state index contributed by atoms with van der Waals surface area (Å²) in [5.41, 5.74) is 2.52. The van der Waals surface area contributed by atoms with Gasteiger partial charge in [-0.3, -0.25) is 9.78 Å². The second-order valence-corrected chi connectivity index (χ2v) is 14.7. The molecule has 3 aromatic rings. The van der Waals surface area contributed by atoms with Crippen LogP contribution < -0.4 is 20.1 Å². The van der Waals surface area contributed by atoms with Crippen LogP contribution in [0.3, 0.4) is 0 Å². The number of nitrogens with one attached hydrogen (secondary N) is 2. The van der Waals surface area contributed by atoms with Gasteiger partial charge in [-0.2, -0.15) is 5.26 Å². The number of aliphatic hydroxyl groups excluding tert-OH is 2. The van der Waals surface area contributed by atoms with E-state index in [-0.39, 0.29) is 44.9 Å². The van der Waals surface area contributed by atoms with Crippen molar-refractivity contribution in [3.8, 4) is 17.6 Å². The number of hydrogen-bond donors (Lipinski definition) is 4. The molecule has 0 radical (unpaired) electrons. The van der Waals surface area contributed by atoms with Crippen molar-refractivity contribution in [3.05, 3.63) is 106 Å². The lowest BCUT2D eigenvalue weighted by atomic mass is 9.76. The highest BCUT2D eigenvalue weighted by Crippen LogP contribution is 2.47. The van der Waals surface area contributed by atoms with Crippen LogP contribution in [0.25, 0.3) is 5.57 Å². The van der Waals surface area contributed by atoms with Gasteiger partial charge in [-0.25, -0.2) is 0 Å².